The van der Waals surface area contributed by atoms with Crippen LogP contribution in [0.2, 0.25) is 5.02 Å². The van der Waals surface area contributed by atoms with Gasteiger partial charge in [0.2, 0.25) is 0 Å². The van der Waals surface area contributed by atoms with Crippen molar-refractivity contribution in [2.75, 3.05) is 20.3 Å². The van der Waals surface area contributed by atoms with E-state index in [0.29, 0.717) is 44.3 Å². The fourth-order valence-corrected chi connectivity index (χ4v) is 7.91. The summed E-state index contributed by atoms with van der Waals surface area (Å²) < 4.78 is 45.1. The first kappa shape index (κ1) is 38.6. The first-order valence-corrected chi connectivity index (χ1v) is 18.9. The summed E-state index contributed by atoms with van der Waals surface area (Å²) in [5, 5.41) is -0.368. The van der Waals surface area contributed by atoms with Crippen LogP contribution in [0.25, 0.3) is 5.57 Å². The summed E-state index contributed by atoms with van der Waals surface area (Å²) in [5.41, 5.74) is 11.1. The Morgan fingerprint density at radius 1 is 1.02 bits per heavy atom. The van der Waals surface area contributed by atoms with E-state index in [-0.39, 0.29) is 41.3 Å². The molecule has 3 atom stereocenters. The second-order valence-electron chi connectivity index (χ2n) is 15.5. The number of halogens is 3. The van der Waals surface area contributed by atoms with Gasteiger partial charge in [0.15, 0.2) is 11.6 Å². The fourth-order valence-electron chi connectivity index (χ4n) is 7.70. The van der Waals surface area contributed by atoms with Crippen molar-refractivity contribution >= 4 is 29.2 Å². The van der Waals surface area contributed by atoms with Gasteiger partial charge in [-0.25, -0.2) is 13.6 Å². The largest absolute Gasteiger partial charge is 0.496 e. The van der Waals surface area contributed by atoms with Crippen molar-refractivity contribution in [3.63, 3.8) is 0 Å². The van der Waals surface area contributed by atoms with Gasteiger partial charge in [-0.2, -0.15) is 0 Å². The van der Waals surface area contributed by atoms with Crippen molar-refractivity contribution in [3.8, 4) is 11.5 Å². The van der Waals surface area contributed by atoms with E-state index in [1.165, 1.54) is 0 Å². The summed E-state index contributed by atoms with van der Waals surface area (Å²) in [6.45, 7) is 8.63. The predicted octanol–water partition coefficient (Wildman–Crippen LogP) is 8.64. The van der Waals surface area contributed by atoms with Crippen molar-refractivity contribution < 1.29 is 32.6 Å². The molecule has 3 aromatic carbocycles. The minimum Gasteiger partial charge on any atom is -0.496 e. The van der Waals surface area contributed by atoms with Gasteiger partial charge in [-0.3, -0.25) is 9.69 Å². The van der Waals surface area contributed by atoms with Gasteiger partial charge in [-0.15, -0.1) is 0 Å². The van der Waals surface area contributed by atoms with Gasteiger partial charge in [0.05, 0.1) is 19.8 Å². The van der Waals surface area contributed by atoms with Gasteiger partial charge in [0.25, 0.3) is 5.91 Å². The Morgan fingerprint density at radius 3 is 2.40 bits per heavy atom. The quantitative estimate of drug-likeness (QED) is 0.147. The Labute approximate surface area is 316 Å². The lowest BCUT2D eigenvalue weighted by molar-refractivity contribution is -0.129. The summed E-state index contributed by atoms with van der Waals surface area (Å²) in [6.07, 6.45) is 4.40. The zero-order chi connectivity index (χ0) is 38.0. The lowest BCUT2D eigenvalue weighted by Crippen LogP contribution is -2.59. The molecule has 1 saturated carbocycles. The van der Waals surface area contributed by atoms with Crippen LogP contribution in [-0.2, 0) is 22.5 Å². The van der Waals surface area contributed by atoms with Gasteiger partial charge in [-0.05, 0) is 131 Å². The van der Waals surface area contributed by atoms with E-state index in [0.717, 1.165) is 65.0 Å². The van der Waals surface area contributed by atoms with E-state index >= 15 is 4.79 Å². The first-order chi connectivity index (χ1) is 25.3. The van der Waals surface area contributed by atoms with E-state index in [9.17, 15) is 13.6 Å². The Balaban J connectivity index is 1.32. The van der Waals surface area contributed by atoms with E-state index < -0.39 is 29.4 Å². The highest BCUT2D eigenvalue weighted by atomic mass is 35.5. The topological polar surface area (TPSA) is 94.3 Å². The molecule has 6 rings (SSSR count). The average molecular weight is 750 g/mol. The molecule has 1 saturated heterocycles. The highest BCUT2D eigenvalue weighted by Crippen LogP contribution is 2.46. The number of nitrogens with zero attached hydrogens (tertiary/aromatic N) is 2. The summed E-state index contributed by atoms with van der Waals surface area (Å²) in [4.78, 5) is 32.9. The number of fused-ring (bicyclic) bond motifs is 2. The number of methoxy groups -OCH3 is 1. The molecular formula is C42H50ClF2N3O5. The van der Waals surface area contributed by atoms with Gasteiger partial charge in [0, 0.05) is 24.2 Å². The van der Waals surface area contributed by atoms with E-state index in [2.05, 4.69) is 0 Å². The zero-order valence-electron chi connectivity index (χ0n) is 31.2. The van der Waals surface area contributed by atoms with Crippen LogP contribution in [0.1, 0.15) is 81.5 Å². The smallest absolute Gasteiger partial charge is 0.411 e. The Kier molecular flexibility index (Phi) is 11.7. The van der Waals surface area contributed by atoms with Gasteiger partial charge in [0.1, 0.15) is 22.2 Å². The van der Waals surface area contributed by atoms with E-state index in [1.54, 1.807) is 7.11 Å². The van der Waals surface area contributed by atoms with Crippen LogP contribution in [-0.4, -0.2) is 65.8 Å². The lowest BCUT2D eigenvalue weighted by Gasteiger charge is -2.50. The number of hydrogen-bond donors (Lipinski definition) is 1. The number of rotatable bonds is 12. The number of ether oxygens (including phenoxy) is 3. The molecule has 2 bridgehead atoms. The lowest BCUT2D eigenvalue weighted by atomic mass is 9.73. The van der Waals surface area contributed by atoms with Crippen LogP contribution in [0.15, 0.2) is 60.2 Å². The zero-order valence-corrected chi connectivity index (χ0v) is 32.0. The summed E-state index contributed by atoms with van der Waals surface area (Å²) >= 11 is 5.91. The Morgan fingerprint density at radius 2 is 1.74 bits per heavy atom. The third-order valence-electron chi connectivity index (χ3n) is 10.5. The molecule has 284 valence electrons. The monoisotopic (exact) mass is 749 g/mol. The number of aryl methyl sites for hydroxylation is 1. The Hall–Kier alpha value is -4.15. The first-order valence-electron chi connectivity index (χ1n) is 18.5. The molecule has 1 unspecified atom stereocenters. The molecule has 0 spiro atoms. The Bertz CT molecular complexity index is 1860. The molecular weight excluding hydrogens is 700 g/mol. The van der Waals surface area contributed by atoms with E-state index in [4.69, 9.17) is 31.5 Å². The molecule has 53 heavy (non-hydrogen) atoms. The molecule has 2 N–H and O–H groups in total. The van der Waals surface area contributed by atoms with Crippen LogP contribution in [0.5, 0.6) is 11.5 Å². The van der Waals surface area contributed by atoms with Gasteiger partial charge >= 0.3 is 6.09 Å². The molecule has 2 amide bonds. The molecule has 0 radical (unpaired) electrons. The maximum absolute atomic E-state index is 15.2. The molecule has 2 heterocycles. The normalized spacial score (nSPS) is 19.9. The maximum Gasteiger partial charge on any atom is 0.411 e. The molecule has 3 aromatic rings. The molecule has 11 heteroatoms. The molecule has 8 nitrogen and oxygen atoms in total. The summed E-state index contributed by atoms with van der Waals surface area (Å²) in [7, 11) is 1.65. The van der Waals surface area contributed by atoms with Crippen LogP contribution in [0.4, 0.5) is 13.6 Å². The molecule has 3 aliphatic rings. The minimum atomic E-state index is -0.735. The number of carbonyl (C=O) groups is 2. The SMILES string of the molecule is COc1cccc(CN(C(=O)C2=C(c3ccc(CCCOc4c(F)ccc(F)c4Cl)cc3)C[C@@H]3CC(CN)C[C@H]2N3C(=O)OC(C)(C)C)C2CC2)c1C. The third-order valence-corrected chi connectivity index (χ3v) is 10.9. The fraction of sp³-hybridized carbons (Fsp3) is 0.476. The summed E-state index contributed by atoms with van der Waals surface area (Å²) in [5.74, 6) is -0.864. The molecule has 2 aliphatic heterocycles. The molecule has 2 fully saturated rings. The van der Waals surface area contributed by atoms with Crippen molar-refractivity contribution in [1.82, 2.24) is 9.80 Å². The van der Waals surface area contributed by atoms with Crippen molar-refractivity contribution in [2.45, 2.75) is 103 Å². The van der Waals surface area contributed by atoms with Gasteiger partial charge in [-0.1, -0.05) is 48.0 Å². The second-order valence-corrected chi connectivity index (χ2v) is 15.8. The van der Waals surface area contributed by atoms with Gasteiger partial charge < -0.3 is 24.8 Å². The average Bonchev–Trinajstić information content (AvgIpc) is 3.96. The van der Waals surface area contributed by atoms with Crippen molar-refractivity contribution in [1.29, 1.82) is 0 Å². The predicted molar refractivity (Wildman–Crippen MR) is 202 cm³/mol. The maximum atomic E-state index is 15.2. The number of hydrogen-bond acceptors (Lipinski definition) is 6. The van der Waals surface area contributed by atoms with Crippen molar-refractivity contribution in [3.05, 3.63) is 99.1 Å². The third kappa shape index (κ3) is 8.65. The van der Waals surface area contributed by atoms with E-state index in [1.807, 2.05) is 80.0 Å². The number of nitrogens with two attached hydrogens (primary N) is 1. The molecule has 1 aliphatic carbocycles. The van der Waals surface area contributed by atoms with Crippen LogP contribution in [0, 0.1) is 24.5 Å². The van der Waals surface area contributed by atoms with Crippen molar-refractivity contribution in [2.24, 2.45) is 11.7 Å². The number of benzene rings is 3. The highest BCUT2D eigenvalue weighted by molar-refractivity contribution is 6.32. The number of piperidine rings is 1. The van der Waals surface area contributed by atoms with Crippen LogP contribution in [0.3, 0.4) is 0 Å². The highest BCUT2D eigenvalue weighted by Gasteiger charge is 2.49. The number of carbonyl (C=O) groups excluding carboxylic acids is 2. The van der Waals surface area contributed by atoms with Crippen LogP contribution < -0.4 is 15.2 Å². The molecule has 0 aromatic heterocycles. The second kappa shape index (κ2) is 16.1. The number of amides is 2. The standard InChI is InChI=1S/C42H50ClF2N3O5/c1-25-29(9-6-10-36(25)51-5)24-47(30-15-16-30)40(49)37-32(22-31-20-27(23-46)21-35(37)48(31)41(50)53-42(2,3)4)28-13-11-26(12-14-28)8-7-19-52-39-34(45)18-17-33(44)38(39)43/h6,9-14,17-18,27,30-31,35H,7-8,15-16,19-24,46H2,1-5H3/t27?,31-,35+/m0/s1. The van der Waals surface area contributed by atoms with Crippen LogP contribution >= 0.6 is 11.6 Å². The summed E-state index contributed by atoms with van der Waals surface area (Å²) in [6, 6.07) is 15.4. The minimum absolute atomic E-state index is 0.0659.